The number of carbonyl (C=O) groups excluding carboxylic acids is 2. The molecule has 184 valence electrons. The number of nitrogens with zero attached hydrogens (tertiary/aromatic N) is 2. The summed E-state index contributed by atoms with van der Waals surface area (Å²) in [7, 11) is 3.22. The fourth-order valence-corrected chi connectivity index (χ4v) is 4.88. The predicted octanol–water partition coefficient (Wildman–Crippen LogP) is 5.29. The van der Waals surface area contributed by atoms with Gasteiger partial charge in [0.25, 0.3) is 5.91 Å². The van der Waals surface area contributed by atoms with E-state index in [1.165, 1.54) is 0 Å². The van der Waals surface area contributed by atoms with Crippen molar-refractivity contribution < 1.29 is 19.1 Å². The maximum atomic E-state index is 13.5. The van der Waals surface area contributed by atoms with E-state index in [-0.39, 0.29) is 24.4 Å². The Balaban J connectivity index is 1.49. The number of hydrogen-bond acceptors (Lipinski definition) is 5. The van der Waals surface area contributed by atoms with Crippen LogP contribution >= 0.6 is 22.9 Å². The minimum absolute atomic E-state index is 0.0489. The predicted molar refractivity (Wildman–Crippen MR) is 138 cm³/mol. The van der Waals surface area contributed by atoms with E-state index in [9.17, 15) is 9.59 Å². The number of amides is 2. The molecule has 0 saturated heterocycles. The van der Waals surface area contributed by atoms with Crippen molar-refractivity contribution in [3.63, 3.8) is 0 Å². The number of ether oxygens (including phenoxy) is 2. The molecule has 0 N–H and O–H groups in total. The summed E-state index contributed by atoms with van der Waals surface area (Å²) in [4.78, 5) is 31.4. The van der Waals surface area contributed by atoms with Crippen LogP contribution in [0.25, 0.3) is 0 Å². The van der Waals surface area contributed by atoms with Gasteiger partial charge in [-0.05, 0) is 66.6 Å². The second kappa shape index (κ2) is 11.6. The normalized spacial score (nSPS) is 12.8. The molecule has 1 aromatic heterocycles. The third-order valence-electron chi connectivity index (χ3n) is 6.02. The van der Waals surface area contributed by atoms with Gasteiger partial charge in [-0.3, -0.25) is 9.59 Å². The van der Waals surface area contributed by atoms with Gasteiger partial charge in [0.2, 0.25) is 5.91 Å². The average molecular weight is 513 g/mol. The second-order valence-electron chi connectivity index (χ2n) is 8.51. The number of methoxy groups -OCH3 is 2. The molecule has 1 aliphatic rings. The third kappa shape index (κ3) is 6.55. The van der Waals surface area contributed by atoms with Gasteiger partial charge in [0.05, 0.1) is 20.8 Å². The molecular weight excluding hydrogens is 484 g/mol. The fourth-order valence-electron chi connectivity index (χ4n) is 3.97. The van der Waals surface area contributed by atoms with E-state index >= 15 is 0 Å². The van der Waals surface area contributed by atoms with Crippen LogP contribution in [0.4, 0.5) is 0 Å². The molecule has 2 aromatic carbocycles. The Morgan fingerprint density at radius 1 is 1.03 bits per heavy atom. The molecule has 1 aliphatic carbocycles. The largest absolute Gasteiger partial charge is 0.493 e. The molecule has 0 aliphatic heterocycles. The van der Waals surface area contributed by atoms with Crippen LogP contribution in [0.3, 0.4) is 0 Å². The standard InChI is InChI=1S/C27H29ClN2O4S/c1-33-24-11-8-19(15-25(24)34-2)12-13-29(17-23-7-4-14-35-23)26(31)18-30(22-9-10-22)27(32)20-5-3-6-21(28)16-20/h3-8,11,14-16,22H,9-10,12-13,17-18H2,1-2H3. The molecule has 1 fully saturated rings. The average Bonchev–Trinajstić information content (AvgIpc) is 3.59. The second-order valence-corrected chi connectivity index (χ2v) is 9.98. The summed E-state index contributed by atoms with van der Waals surface area (Å²) in [5.74, 6) is 1.11. The minimum Gasteiger partial charge on any atom is -0.493 e. The van der Waals surface area contributed by atoms with Crippen molar-refractivity contribution in [1.82, 2.24) is 9.80 Å². The van der Waals surface area contributed by atoms with E-state index in [1.54, 1.807) is 54.7 Å². The van der Waals surface area contributed by atoms with Gasteiger partial charge in [-0.25, -0.2) is 0 Å². The Kier molecular flexibility index (Phi) is 8.31. The molecule has 0 bridgehead atoms. The molecule has 0 unspecified atom stereocenters. The molecule has 6 nitrogen and oxygen atoms in total. The lowest BCUT2D eigenvalue weighted by molar-refractivity contribution is -0.132. The van der Waals surface area contributed by atoms with E-state index in [2.05, 4.69) is 0 Å². The molecule has 0 spiro atoms. The lowest BCUT2D eigenvalue weighted by Crippen LogP contribution is -2.44. The number of thiophene rings is 1. The SMILES string of the molecule is COc1ccc(CCN(Cc2cccs2)C(=O)CN(C(=O)c2cccc(Cl)c2)C2CC2)cc1OC. The Morgan fingerprint density at radius 3 is 2.49 bits per heavy atom. The van der Waals surface area contributed by atoms with Gasteiger partial charge in [-0.2, -0.15) is 0 Å². The maximum Gasteiger partial charge on any atom is 0.254 e. The molecule has 3 aromatic rings. The van der Waals surface area contributed by atoms with Crippen LogP contribution in [0.2, 0.25) is 5.02 Å². The van der Waals surface area contributed by atoms with Crippen molar-refractivity contribution in [1.29, 1.82) is 0 Å². The lowest BCUT2D eigenvalue weighted by Gasteiger charge is -2.28. The topological polar surface area (TPSA) is 59.1 Å². The first-order valence-corrected chi connectivity index (χ1v) is 12.8. The van der Waals surface area contributed by atoms with Gasteiger partial charge in [-0.1, -0.05) is 29.8 Å². The van der Waals surface area contributed by atoms with Crippen molar-refractivity contribution in [3.05, 3.63) is 81.0 Å². The maximum absolute atomic E-state index is 13.5. The summed E-state index contributed by atoms with van der Waals surface area (Å²) < 4.78 is 10.8. The fraction of sp³-hybridized carbons (Fsp3) is 0.333. The monoisotopic (exact) mass is 512 g/mol. The van der Waals surface area contributed by atoms with Gasteiger partial charge in [-0.15, -0.1) is 11.3 Å². The summed E-state index contributed by atoms with van der Waals surface area (Å²) in [6.45, 7) is 1.08. The van der Waals surface area contributed by atoms with E-state index in [4.69, 9.17) is 21.1 Å². The molecule has 1 heterocycles. The smallest absolute Gasteiger partial charge is 0.254 e. The third-order valence-corrected chi connectivity index (χ3v) is 7.12. The van der Waals surface area contributed by atoms with Crippen molar-refractivity contribution in [2.75, 3.05) is 27.3 Å². The number of halogens is 1. The Morgan fingerprint density at radius 2 is 1.83 bits per heavy atom. The Bertz CT molecular complexity index is 1160. The molecule has 2 amide bonds. The van der Waals surface area contributed by atoms with Crippen LogP contribution in [0.15, 0.2) is 60.0 Å². The summed E-state index contributed by atoms with van der Waals surface area (Å²) in [6, 6.07) is 16.8. The number of rotatable bonds is 11. The van der Waals surface area contributed by atoms with Crippen LogP contribution < -0.4 is 9.47 Å². The van der Waals surface area contributed by atoms with E-state index in [0.717, 1.165) is 23.3 Å². The van der Waals surface area contributed by atoms with E-state index in [0.29, 0.717) is 41.6 Å². The molecule has 0 radical (unpaired) electrons. The zero-order valence-corrected chi connectivity index (χ0v) is 21.5. The van der Waals surface area contributed by atoms with Crippen molar-refractivity contribution in [3.8, 4) is 11.5 Å². The van der Waals surface area contributed by atoms with Gasteiger partial charge in [0, 0.05) is 28.0 Å². The highest BCUT2D eigenvalue weighted by Gasteiger charge is 2.35. The summed E-state index contributed by atoms with van der Waals surface area (Å²) in [5, 5.41) is 2.51. The van der Waals surface area contributed by atoms with Gasteiger partial charge < -0.3 is 19.3 Å². The first-order valence-electron chi connectivity index (χ1n) is 11.6. The molecule has 35 heavy (non-hydrogen) atoms. The molecular formula is C27H29ClN2O4S. The highest BCUT2D eigenvalue weighted by atomic mass is 35.5. The van der Waals surface area contributed by atoms with E-state index < -0.39 is 0 Å². The highest BCUT2D eigenvalue weighted by molar-refractivity contribution is 7.09. The number of hydrogen-bond donors (Lipinski definition) is 0. The number of carbonyl (C=O) groups is 2. The molecule has 8 heteroatoms. The Hall–Kier alpha value is -3.03. The van der Waals surface area contributed by atoms with Crippen LogP contribution in [-0.4, -0.2) is 55.0 Å². The summed E-state index contributed by atoms with van der Waals surface area (Å²) in [6.07, 6.45) is 2.48. The first-order chi connectivity index (χ1) is 17.0. The van der Waals surface area contributed by atoms with Gasteiger partial charge in [0.1, 0.15) is 6.54 Å². The minimum atomic E-state index is -0.153. The van der Waals surface area contributed by atoms with Crippen molar-refractivity contribution in [2.45, 2.75) is 31.8 Å². The molecule has 0 atom stereocenters. The van der Waals surface area contributed by atoms with Crippen LogP contribution in [0.5, 0.6) is 11.5 Å². The lowest BCUT2D eigenvalue weighted by atomic mass is 10.1. The quantitative estimate of drug-likeness (QED) is 0.350. The highest BCUT2D eigenvalue weighted by Crippen LogP contribution is 2.30. The van der Waals surface area contributed by atoms with Gasteiger partial charge in [0.15, 0.2) is 11.5 Å². The van der Waals surface area contributed by atoms with Crippen LogP contribution in [-0.2, 0) is 17.8 Å². The summed E-state index contributed by atoms with van der Waals surface area (Å²) >= 11 is 7.72. The van der Waals surface area contributed by atoms with Crippen LogP contribution in [0, 0.1) is 0 Å². The molecule has 1 saturated carbocycles. The van der Waals surface area contributed by atoms with Crippen molar-refractivity contribution >= 4 is 34.8 Å². The molecule has 4 rings (SSSR count). The number of benzene rings is 2. The zero-order chi connectivity index (χ0) is 24.8. The first kappa shape index (κ1) is 25.1. The van der Waals surface area contributed by atoms with Gasteiger partial charge >= 0.3 is 0 Å². The summed E-state index contributed by atoms with van der Waals surface area (Å²) in [5.41, 5.74) is 1.55. The van der Waals surface area contributed by atoms with E-state index in [1.807, 2.05) is 40.6 Å². The van der Waals surface area contributed by atoms with Crippen molar-refractivity contribution in [2.24, 2.45) is 0 Å². The Labute approximate surface area is 215 Å². The zero-order valence-electron chi connectivity index (χ0n) is 19.9. The van der Waals surface area contributed by atoms with Crippen LogP contribution in [0.1, 0.15) is 33.6 Å².